The van der Waals surface area contributed by atoms with Gasteiger partial charge in [0, 0.05) is 18.0 Å². The van der Waals surface area contributed by atoms with E-state index in [0.29, 0.717) is 11.4 Å². The van der Waals surface area contributed by atoms with Crippen molar-refractivity contribution in [2.24, 2.45) is 0 Å². The Balaban J connectivity index is 1.77. The Kier molecular flexibility index (Phi) is 4.10. The molecule has 0 saturated heterocycles. The third-order valence-corrected chi connectivity index (χ3v) is 4.28. The highest BCUT2D eigenvalue weighted by Crippen LogP contribution is 2.30. The number of imidazole rings is 1. The molecule has 5 nitrogen and oxygen atoms in total. The van der Waals surface area contributed by atoms with Crippen molar-refractivity contribution in [1.29, 1.82) is 0 Å². The van der Waals surface area contributed by atoms with Gasteiger partial charge in [-0.2, -0.15) is 5.10 Å². The molecule has 0 spiro atoms. The van der Waals surface area contributed by atoms with E-state index in [0.717, 1.165) is 34.6 Å². The summed E-state index contributed by atoms with van der Waals surface area (Å²) >= 11 is 0. The minimum absolute atomic E-state index is 0.343. The molecule has 0 aliphatic rings. The normalized spacial score (nSPS) is 11.3. The third-order valence-electron chi connectivity index (χ3n) is 4.28. The van der Waals surface area contributed by atoms with E-state index in [1.54, 1.807) is 18.5 Å². The van der Waals surface area contributed by atoms with Gasteiger partial charge in [0.15, 0.2) is 23.0 Å². The summed E-state index contributed by atoms with van der Waals surface area (Å²) in [6, 6.07) is 3.34. The highest BCUT2D eigenvalue weighted by molar-refractivity contribution is 5.69. The molecule has 8 heteroatoms. The van der Waals surface area contributed by atoms with E-state index in [1.807, 2.05) is 24.4 Å². The average molecular weight is 372 g/mol. The predicted octanol–water partition coefficient (Wildman–Crippen LogP) is 4.34. The van der Waals surface area contributed by atoms with Gasteiger partial charge in [0.2, 0.25) is 0 Å². The molecule has 27 heavy (non-hydrogen) atoms. The highest BCUT2D eigenvalue weighted by Gasteiger charge is 2.18. The van der Waals surface area contributed by atoms with Crippen LogP contribution in [0.5, 0.6) is 5.75 Å². The Labute approximate surface area is 152 Å². The summed E-state index contributed by atoms with van der Waals surface area (Å²) in [4.78, 5) is 4.52. The van der Waals surface area contributed by atoms with Gasteiger partial charge in [0.1, 0.15) is 12.4 Å². The summed E-state index contributed by atoms with van der Waals surface area (Å²) in [6.07, 6.45) is 5.31. The van der Waals surface area contributed by atoms with Crippen molar-refractivity contribution in [3.63, 3.8) is 0 Å². The molecular weight excluding hydrogens is 357 g/mol. The standard InChI is InChI=1S/C19H15F3N4O/c1-10-5-16(27-9-13-14(20)3-4-15(21)17(13)22)19-25-11(2)18(26(19)8-10)12-6-23-24-7-12/h3-8H,9H2,1-2H3,(H,23,24). The van der Waals surface area contributed by atoms with Crippen LogP contribution in [0.2, 0.25) is 0 Å². The first-order chi connectivity index (χ1) is 13.0. The first-order valence-electron chi connectivity index (χ1n) is 8.19. The molecule has 0 aliphatic heterocycles. The number of fused-ring (bicyclic) bond motifs is 1. The lowest BCUT2D eigenvalue weighted by atomic mass is 10.2. The molecule has 0 fully saturated rings. The van der Waals surface area contributed by atoms with Crippen molar-refractivity contribution in [3.8, 4) is 17.0 Å². The van der Waals surface area contributed by atoms with E-state index >= 15 is 0 Å². The zero-order valence-electron chi connectivity index (χ0n) is 14.6. The number of halogens is 3. The maximum atomic E-state index is 13.9. The number of benzene rings is 1. The molecule has 0 amide bonds. The molecule has 3 heterocycles. The fourth-order valence-corrected chi connectivity index (χ4v) is 3.04. The van der Waals surface area contributed by atoms with Crippen molar-refractivity contribution in [1.82, 2.24) is 19.6 Å². The number of pyridine rings is 1. The molecule has 0 atom stereocenters. The smallest absolute Gasteiger partial charge is 0.180 e. The fourth-order valence-electron chi connectivity index (χ4n) is 3.04. The van der Waals surface area contributed by atoms with Gasteiger partial charge in [-0.25, -0.2) is 18.2 Å². The molecule has 0 saturated carbocycles. The van der Waals surface area contributed by atoms with Crippen molar-refractivity contribution in [2.45, 2.75) is 20.5 Å². The molecular formula is C19H15F3N4O. The van der Waals surface area contributed by atoms with Crippen LogP contribution in [0.25, 0.3) is 16.9 Å². The van der Waals surface area contributed by atoms with E-state index in [1.165, 1.54) is 0 Å². The summed E-state index contributed by atoms with van der Waals surface area (Å²) in [5, 5.41) is 6.72. The van der Waals surface area contributed by atoms with Crippen molar-refractivity contribution >= 4 is 5.65 Å². The van der Waals surface area contributed by atoms with Crippen LogP contribution in [0.4, 0.5) is 13.2 Å². The number of ether oxygens (including phenoxy) is 1. The third kappa shape index (κ3) is 2.92. The SMILES string of the molecule is Cc1cc(OCc2c(F)ccc(F)c2F)c2nc(C)c(-c3cn[nH]c3)n2c1. The molecule has 138 valence electrons. The second-order valence-electron chi connectivity index (χ2n) is 6.22. The predicted molar refractivity (Wildman–Crippen MR) is 92.9 cm³/mol. The van der Waals surface area contributed by atoms with Crippen molar-refractivity contribution in [2.75, 3.05) is 0 Å². The van der Waals surface area contributed by atoms with Crippen LogP contribution in [0.15, 0.2) is 36.8 Å². The van der Waals surface area contributed by atoms with E-state index in [9.17, 15) is 13.2 Å². The summed E-state index contributed by atoms with van der Waals surface area (Å²) in [5.41, 5.74) is 3.31. The van der Waals surface area contributed by atoms with Crippen molar-refractivity contribution in [3.05, 3.63) is 71.1 Å². The van der Waals surface area contributed by atoms with Crippen LogP contribution < -0.4 is 4.74 Å². The molecule has 3 aromatic heterocycles. The van der Waals surface area contributed by atoms with E-state index in [2.05, 4.69) is 15.2 Å². The van der Waals surface area contributed by atoms with Crippen molar-refractivity contribution < 1.29 is 17.9 Å². The van der Waals surface area contributed by atoms with Crippen LogP contribution in [-0.2, 0) is 6.61 Å². The largest absolute Gasteiger partial charge is 0.485 e. The van der Waals surface area contributed by atoms with Gasteiger partial charge in [0.05, 0.1) is 23.1 Å². The first kappa shape index (κ1) is 17.1. The van der Waals surface area contributed by atoms with Gasteiger partial charge in [-0.1, -0.05) is 0 Å². The lowest BCUT2D eigenvalue weighted by Gasteiger charge is -2.11. The van der Waals surface area contributed by atoms with E-state index in [4.69, 9.17) is 4.74 Å². The summed E-state index contributed by atoms with van der Waals surface area (Å²) < 4.78 is 48.6. The second-order valence-corrected chi connectivity index (χ2v) is 6.22. The number of aryl methyl sites for hydroxylation is 2. The fraction of sp³-hybridized carbons (Fsp3) is 0.158. The summed E-state index contributed by atoms with van der Waals surface area (Å²) in [7, 11) is 0. The Morgan fingerprint density at radius 1 is 1.15 bits per heavy atom. The van der Waals surface area contributed by atoms with Gasteiger partial charge >= 0.3 is 0 Å². The lowest BCUT2D eigenvalue weighted by Crippen LogP contribution is -2.05. The zero-order chi connectivity index (χ0) is 19.1. The Hall–Kier alpha value is -3.29. The Bertz CT molecular complexity index is 1140. The lowest BCUT2D eigenvalue weighted by molar-refractivity contribution is 0.291. The average Bonchev–Trinajstić information content (AvgIpc) is 3.25. The number of nitrogens with zero attached hydrogens (tertiary/aromatic N) is 3. The number of H-pyrrole nitrogens is 1. The molecule has 0 radical (unpaired) electrons. The highest BCUT2D eigenvalue weighted by atomic mass is 19.2. The van der Waals surface area contributed by atoms with Crippen LogP contribution >= 0.6 is 0 Å². The maximum Gasteiger partial charge on any atom is 0.180 e. The number of hydrogen-bond donors (Lipinski definition) is 1. The van der Waals surface area contributed by atoms with Crippen LogP contribution in [0.1, 0.15) is 16.8 Å². The van der Waals surface area contributed by atoms with Crippen LogP contribution in [0, 0.1) is 31.3 Å². The number of nitrogens with one attached hydrogen (secondary N) is 1. The van der Waals surface area contributed by atoms with Gasteiger partial charge in [-0.3, -0.25) is 9.50 Å². The zero-order valence-corrected chi connectivity index (χ0v) is 14.6. The molecule has 0 aliphatic carbocycles. The molecule has 0 unspecified atom stereocenters. The van der Waals surface area contributed by atoms with Gasteiger partial charge in [-0.15, -0.1) is 0 Å². The molecule has 1 N–H and O–H groups in total. The topological polar surface area (TPSA) is 55.2 Å². The number of rotatable bonds is 4. The number of aromatic amines is 1. The second kappa shape index (κ2) is 6.46. The quantitative estimate of drug-likeness (QED) is 0.542. The van der Waals surface area contributed by atoms with Gasteiger partial charge < -0.3 is 4.74 Å². The maximum absolute atomic E-state index is 13.9. The van der Waals surface area contributed by atoms with E-state index in [-0.39, 0.29) is 0 Å². The summed E-state index contributed by atoms with van der Waals surface area (Å²) in [5.74, 6) is -2.90. The number of aromatic nitrogens is 4. The minimum atomic E-state index is -1.25. The van der Waals surface area contributed by atoms with E-state index < -0.39 is 29.6 Å². The minimum Gasteiger partial charge on any atom is -0.485 e. The summed E-state index contributed by atoms with van der Waals surface area (Å²) in [6.45, 7) is 3.26. The molecule has 4 rings (SSSR count). The molecule has 0 bridgehead atoms. The number of hydrogen-bond acceptors (Lipinski definition) is 3. The van der Waals surface area contributed by atoms with Crippen LogP contribution in [0.3, 0.4) is 0 Å². The van der Waals surface area contributed by atoms with Crippen LogP contribution in [-0.4, -0.2) is 19.6 Å². The van der Waals surface area contributed by atoms with Gasteiger partial charge in [0.25, 0.3) is 0 Å². The monoisotopic (exact) mass is 372 g/mol. The Morgan fingerprint density at radius 2 is 1.93 bits per heavy atom. The Morgan fingerprint density at radius 3 is 2.67 bits per heavy atom. The molecule has 4 aromatic rings. The molecule has 1 aromatic carbocycles. The first-order valence-corrected chi connectivity index (χ1v) is 8.19. The van der Waals surface area contributed by atoms with Gasteiger partial charge in [-0.05, 0) is 37.6 Å².